The largest absolute Gasteiger partial charge is 0.314 e. The smallest absolute Gasteiger partial charge is 0.138 e. The maximum atomic E-state index is 4.32. The molecule has 1 fully saturated rings. The summed E-state index contributed by atoms with van der Waals surface area (Å²) in [5.74, 6) is 1.99. The van der Waals surface area contributed by atoms with E-state index in [-0.39, 0.29) is 0 Å². The van der Waals surface area contributed by atoms with Gasteiger partial charge in [-0.2, -0.15) is 5.10 Å². The van der Waals surface area contributed by atoms with Crippen molar-refractivity contribution in [2.24, 2.45) is 13.0 Å². The van der Waals surface area contributed by atoms with E-state index in [1.165, 1.54) is 38.5 Å². The number of aromatic nitrogens is 3. The molecule has 1 aliphatic carbocycles. The van der Waals surface area contributed by atoms with Crippen molar-refractivity contribution in [3.8, 4) is 0 Å². The third-order valence-electron chi connectivity index (χ3n) is 4.11. The van der Waals surface area contributed by atoms with Gasteiger partial charge in [0.15, 0.2) is 0 Å². The summed E-state index contributed by atoms with van der Waals surface area (Å²) in [6, 6.07) is 0.671. The molecule has 1 N–H and O–H groups in total. The molecule has 0 radical (unpaired) electrons. The Morgan fingerprint density at radius 3 is 2.83 bits per heavy atom. The van der Waals surface area contributed by atoms with Gasteiger partial charge in [-0.05, 0) is 38.1 Å². The Balaban J connectivity index is 1.86. The Morgan fingerprint density at radius 1 is 1.44 bits per heavy atom. The third kappa shape index (κ3) is 3.55. The molecule has 1 saturated carbocycles. The van der Waals surface area contributed by atoms with Gasteiger partial charge in [-0.15, -0.1) is 0 Å². The molecule has 1 aliphatic rings. The predicted octanol–water partition coefficient (Wildman–Crippen LogP) is 2.31. The molecule has 1 aromatic rings. The van der Waals surface area contributed by atoms with Crippen molar-refractivity contribution in [1.29, 1.82) is 0 Å². The zero-order valence-electron chi connectivity index (χ0n) is 11.7. The Hall–Kier alpha value is -0.900. The molecule has 102 valence electrons. The summed E-state index contributed by atoms with van der Waals surface area (Å²) in [5.41, 5.74) is 0. The third-order valence-corrected chi connectivity index (χ3v) is 4.11. The van der Waals surface area contributed by atoms with Gasteiger partial charge in [0.1, 0.15) is 12.2 Å². The minimum absolute atomic E-state index is 0.671. The molecule has 0 aliphatic heterocycles. The first kappa shape index (κ1) is 13.5. The maximum Gasteiger partial charge on any atom is 0.138 e. The highest BCUT2D eigenvalue weighted by atomic mass is 15.3. The highest BCUT2D eigenvalue weighted by Gasteiger charge is 2.24. The molecule has 1 heterocycles. The molecule has 4 nitrogen and oxygen atoms in total. The molecular weight excluding hydrogens is 224 g/mol. The van der Waals surface area contributed by atoms with Crippen LogP contribution in [0.1, 0.15) is 51.3 Å². The second-order valence-electron chi connectivity index (χ2n) is 5.44. The Kier molecular flexibility index (Phi) is 5.17. The lowest BCUT2D eigenvalue weighted by molar-refractivity contribution is 0.338. The molecule has 0 saturated heterocycles. The van der Waals surface area contributed by atoms with Crippen LogP contribution in [-0.4, -0.2) is 27.4 Å². The molecule has 0 amide bonds. The Labute approximate surface area is 110 Å². The second-order valence-corrected chi connectivity index (χ2v) is 5.44. The van der Waals surface area contributed by atoms with Gasteiger partial charge >= 0.3 is 0 Å². The lowest BCUT2D eigenvalue weighted by Gasteiger charge is -2.24. The van der Waals surface area contributed by atoms with Crippen LogP contribution in [0.5, 0.6) is 0 Å². The molecule has 1 unspecified atom stereocenters. The second kappa shape index (κ2) is 6.88. The van der Waals surface area contributed by atoms with Gasteiger partial charge in [0.05, 0.1) is 0 Å². The monoisotopic (exact) mass is 250 g/mol. The molecular formula is C14H26N4. The minimum Gasteiger partial charge on any atom is -0.314 e. The van der Waals surface area contributed by atoms with Crippen molar-refractivity contribution in [3.63, 3.8) is 0 Å². The quantitative estimate of drug-likeness (QED) is 0.807. The van der Waals surface area contributed by atoms with E-state index in [9.17, 15) is 0 Å². The Morgan fingerprint density at radius 2 is 2.22 bits per heavy atom. The van der Waals surface area contributed by atoms with Crippen molar-refractivity contribution in [2.45, 2.75) is 57.9 Å². The Bertz CT molecular complexity index is 341. The molecule has 1 atom stereocenters. The molecule has 0 bridgehead atoms. The van der Waals surface area contributed by atoms with Crippen LogP contribution in [0.25, 0.3) is 0 Å². The molecule has 0 aromatic carbocycles. The van der Waals surface area contributed by atoms with Gasteiger partial charge in [-0.3, -0.25) is 4.68 Å². The lowest BCUT2D eigenvalue weighted by atomic mass is 9.94. The van der Waals surface area contributed by atoms with Crippen LogP contribution < -0.4 is 5.32 Å². The highest BCUT2D eigenvalue weighted by molar-refractivity contribution is 4.88. The first-order chi connectivity index (χ1) is 8.81. The fourth-order valence-corrected chi connectivity index (χ4v) is 3.03. The number of hydrogen-bond acceptors (Lipinski definition) is 3. The molecule has 0 spiro atoms. The van der Waals surface area contributed by atoms with Gasteiger partial charge in [0.25, 0.3) is 0 Å². The number of rotatable bonds is 7. The van der Waals surface area contributed by atoms with E-state index in [0.29, 0.717) is 6.04 Å². The lowest BCUT2D eigenvalue weighted by Crippen LogP contribution is -2.36. The maximum absolute atomic E-state index is 4.32. The standard InChI is InChI=1S/C14H26N4/c1-3-10-15-13(12-6-4-5-7-12)8-9-14-16-11-17-18(14)2/h11-13,15H,3-10H2,1-2H3. The van der Waals surface area contributed by atoms with Crippen LogP contribution in [0.3, 0.4) is 0 Å². The fraction of sp³-hybridized carbons (Fsp3) is 0.857. The zero-order valence-corrected chi connectivity index (χ0v) is 11.7. The van der Waals surface area contributed by atoms with E-state index in [1.807, 2.05) is 11.7 Å². The number of hydrogen-bond donors (Lipinski definition) is 1. The van der Waals surface area contributed by atoms with Crippen LogP contribution >= 0.6 is 0 Å². The van der Waals surface area contributed by atoms with Crippen LogP contribution in [0.15, 0.2) is 6.33 Å². The van der Waals surface area contributed by atoms with Crippen molar-refractivity contribution < 1.29 is 0 Å². The first-order valence-corrected chi connectivity index (χ1v) is 7.37. The summed E-state index contributed by atoms with van der Waals surface area (Å²) in [7, 11) is 1.98. The minimum atomic E-state index is 0.671. The summed E-state index contributed by atoms with van der Waals surface area (Å²) < 4.78 is 1.89. The van der Waals surface area contributed by atoms with Crippen LogP contribution in [0.2, 0.25) is 0 Å². The topological polar surface area (TPSA) is 42.7 Å². The average molecular weight is 250 g/mol. The molecule has 2 rings (SSSR count). The van der Waals surface area contributed by atoms with Crippen molar-refractivity contribution in [3.05, 3.63) is 12.2 Å². The van der Waals surface area contributed by atoms with Crippen LogP contribution in [0.4, 0.5) is 0 Å². The van der Waals surface area contributed by atoms with Crippen LogP contribution in [-0.2, 0) is 13.5 Å². The van der Waals surface area contributed by atoms with E-state index in [0.717, 1.165) is 24.7 Å². The highest BCUT2D eigenvalue weighted by Crippen LogP contribution is 2.29. The average Bonchev–Trinajstić information content (AvgIpc) is 3.01. The summed E-state index contributed by atoms with van der Waals surface area (Å²) in [6.45, 7) is 3.38. The van der Waals surface area contributed by atoms with Crippen molar-refractivity contribution >= 4 is 0 Å². The first-order valence-electron chi connectivity index (χ1n) is 7.37. The van der Waals surface area contributed by atoms with Crippen molar-refractivity contribution in [2.75, 3.05) is 6.54 Å². The SMILES string of the molecule is CCCNC(CCc1ncnn1C)C1CCCC1. The van der Waals surface area contributed by atoms with E-state index in [2.05, 4.69) is 22.3 Å². The number of nitrogens with zero attached hydrogens (tertiary/aromatic N) is 3. The normalized spacial score (nSPS) is 18.3. The van der Waals surface area contributed by atoms with Crippen LogP contribution in [0, 0.1) is 5.92 Å². The van der Waals surface area contributed by atoms with E-state index < -0.39 is 0 Å². The predicted molar refractivity (Wildman–Crippen MR) is 73.4 cm³/mol. The van der Waals surface area contributed by atoms with Gasteiger partial charge in [-0.1, -0.05) is 19.8 Å². The fourth-order valence-electron chi connectivity index (χ4n) is 3.03. The summed E-state index contributed by atoms with van der Waals surface area (Å²) in [6.07, 6.45) is 10.7. The number of nitrogens with one attached hydrogen (secondary N) is 1. The summed E-state index contributed by atoms with van der Waals surface area (Å²) in [4.78, 5) is 4.32. The molecule has 4 heteroatoms. The van der Waals surface area contributed by atoms with E-state index in [4.69, 9.17) is 0 Å². The molecule has 1 aromatic heterocycles. The summed E-state index contributed by atoms with van der Waals surface area (Å²) in [5, 5.41) is 7.88. The van der Waals surface area contributed by atoms with Gasteiger partial charge in [0.2, 0.25) is 0 Å². The number of aryl methyl sites for hydroxylation is 2. The molecule has 18 heavy (non-hydrogen) atoms. The van der Waals surface area contributed by atoms with E-state index >= 15 is 0 Å². The van der Waals surface area contributed by atoms with E-state index in [1.54, 1.807) is 6.33 Å². The van der Waals surface area contributed by atoms with Crippen molar-refractivity contribution in [1.82, 2.24) is 20.1 Å². The zero-order chi connectivity index (χ0) is 12.8. The van der Waals surface area contributed by atoms with Gasteiger partial charge < -0.3 is 5.32 Å². The van der Waals surface area contributed by atoms with Gasteiger partial charge in [0, 0.05) is 19.5 Å². The summed E-state index contributed by atoms with van der Waals surface area (Å²) >= 11 is 0. The van der Waals surface area contributed by atoms with Gasteiger partial charge in [-0.25, -0.2) is 4.98 Å².